The number of aliphatic imine (C=N–C) groups is 1. The number of imidazole rings is 1. The minimum absolute atomic E-state index is 0.0973. The first kappa shape index (κ1) is 29.0. The summed E-state index contributed by atoms with van der Waals surface area (Å²) in [6.07, 6.45) is 3.54. The molecular weight excluding hydrogens is 490 g/mol. The van der Waals surface area contributed by atoms with E-state index in [0.717, 1.165) is 6.42 Å². The van der Waals surface area contributed by atoms with Crippen molar-refractivity contribution in [2.45, 2.75) is 62.7 Å². The third kappa shape index (κ3) is 10.1. The second-order valence-corrected chi connectivity index (χ2v) is 8.50. The maximum Gasteiger partial charge on any atom is 0.326 e. The molecule has 2 rings (SSSR count). The third-order valence-corrected chi connectivity index (χ3v) is 5.56. The Hall–Kier alpha value is -4.21. The number of H-pyrrole nitrogens is 1. The van der Waals surface area contributed by atoms with Crippen LogP contribution in [0, 0.1) is 0 Å². The number of aliphatic carboxylic acids is 2. The quantitative estimate of drug-likeness (QED) is 0.0626. The molecule has 0 spiro atoms. The molecule has 11 N–H and O–H groups in total. The predicted molar refractivity (Wildman–Crippen MR) is 129 cm³/mol. The Bertz CT molecular complexity index is 973. The second kappa shape index (κ2) is 14.4. The predicted octanol–water partition coefficient (Wildman–Crippen LogP) is -3.23. The largest absolute Gasteiger partial charge is 0.481 e. The van der Waals surface area contributed by atoms with Crippen LogP contribution in [0.1, 0.15) is 37.8 Å². The van der Waals surface area contributed by atoms with Gasteiger partial charge in [0.2, 0.25) is 17.7 Å². The first-order chi connectivity index (χ1) is 17.6. The zero-order valence-corrected chi connectivity index (χ0v) is 20.1. The number of hydrogen-bond acceptors (Lipinski definition) is 8. The molecule has 16 nitrogen and oxygen atoms in total. The number of amides is 3. The van der Waals surface area contributed by atoms with Gasteiger partial charge in [0.15, 0.2) is 5.96 Å². The van der Waals surface area contributed by atoms with Crippen LogP contribution < -0.4 is 32.7 Å². The topological polar surface area (TPSA) is 267 Å². The Kier molecular flexibility index (Phi) is 11.3. The Labute approximate surface area is 212 Å². The van der Waals surface area contributed by atoms with Gasteiger partial charge in [-0.3, -0.25) is 24.2 Å². The van der Waals surface area contributed by atoms with Gasteiger partial charge in [0.05, 0.1) is 18.8 Å². The van der Waals surface area contributed by atoms with Crippen LogP contribution in [-0.2, 0) is 30.4 Å². The molecule has 0 aromatic carbocycles. The molecule has 4 unspecified atom stereocenters. The monoisotopic (exact) mass is 523 g/mol. The van der Waals surface area contributed by atoms with Crippen molar-refractivity contribution < 1.29 is 34.2 Å². The Balaban J connectivity index is 2.11. The molecule has 0 aliphatic carbocycles. The number of nitrogens with two attached hydrogens (primary N) is 2. The highest BCUT2D eigenvalue weighted by atomic mass is 16.4. The fraction of sp³-hybridized carbons (Fsp3) is 0.571. The van der Waals surface area contributed by atoms with E-state index in [-0.39, 0.29) is 25.3 Å². The molecule has 1 aromatic rings. The lowest BCUT2D eigenvalue weighted by Gasteiger charge is -2.24. The smallest absolute Gasteiger partial charge is 0.326 e. The van der Waals surface area contributed by atoms with E-state index in [2.05, 4.69) is 36.2 Å². The van der Waals surface area contributed by atoms with Gasteiger partial charge in [-0.2, -0.15) is 0 Å². The molecule has 1 fully saturated rings. The Morgan fingerprint density at radius 1 is 1.08 bits per heavy atom. The average Bonchev–Trinajstić information content (AvgIpc) is 3.54. The van der Waals surface area contributed by atoms with E-state index >= 15 is 0 Å². The van der Waals surface area contributed by atoms with Crippen molar-refractivity contribution in [3.05, 3.63) is 18.2 Å². The van der Waals surface area contributed by atoms with Crippen LogP contribution in [0.3, 0.4) is 0 Å². The lowest BCUT2D eigenvalue weighted by Crippen LogP contribution is -2.57. The van der Waals surface area contributed by atoms with E-state index in [4.69, 9.17) is 11.5 Å². The van der Waals surface area contributed by atoms with E-state index in [1.165, 1.54) is 12.5 Å². The van der Waals surface area contributed by atoms with Crippen molar-refractivity contribution in [1.29, 1.82) is 0 Å². The molecule has 1 aliphatic rings. The number of rotatable bonds is 15. The van der Waals surface area contributed by atoms with Gasteiger partial charge in [0.25, 0.3) is 0 Å². The van der Waals surface area contributed by atoms with Gasteiger partial charge in [0, 0.05) is 24.9 Å². The van der Waals surface area contributed by atoms with Crippen LogP contribution in [-0.4, -0.2) is 93.1 Å². The van der Waals surface area contributed by atoms with Crippen LogP contribution in [0.15, 0.2) is 17.5 Å². The highest BCUT2D eigenvalue weighted by Crippen LogP contribution is 2.08. The Morgan fingerprint density at radius 2 is 1.78 bits per heavy atom. The molecule has 1 aliphatic heterocycles. The van der Waals surface area contributed by atoms with Gasteiger partial charge in [-0.15, -0.1) is 0 Å². The number of carbonyl (C=O) groups is 5. The number of nitrogens with one attached hydrogen (secondary N) is 5. The van der Waals surface area contributed by atoms with Crippen molar-refractivity contribution in [3.63, 3.8) is 0 Å². The molecule has 1 saturated heterocycles. The summed E-state index contributed by atoms with van der Waals surface area (Å²) in [7, 11) is 0. The van der Waals surface area contributed by atoms with Crippen LogP contribution in [0.5, 0.6) is 0 Å². The number of aromatic amines is 1. The van der Waals surface area contributed by atoms with Crippen LogP contribution in [0.25, 0.3) is 0 Å². The van der Waals surface area contributed by atoms with E-state index in [9.17, 15) is 34.2 Å². The highest BCUT2D eigenvalue weighted by molar-refractivity contribution is 5.95. The summed E-state index contributed by atoms with van der Waals surface area (Å²) >= 11 is 0. The van der Waals surface area contributed by atoms with Crippen molar-refractivity contribution in [2.24, 2.45) is 16.5 Å². The molecule has 0 radical (unpaired) electrons. The van der Waals surface area contributed by atoms with E-state index in [1.807, 2.05) is 0 Å². The first-order valence-corrected chi connectivity index (χ1v) is 11.7. The summed E-state index contributed by atoms with van der Waals surface area (Å²) < 4.78 is 0. The zero-order chi connectivity index (χ0) is 27.4. The normalized spacial score (nSPS) is 17.1. The lowest BCUT2D eigenvalue weighted by molar-refractivity contribution is -0.143. The van der Waals surface area contributed by atoms with E-state index in [0.29, 0.717) is 25.1 Å². The molecule has 37 heavy (non-hydrogen) atoms. The van der Waals surface area contributed by atoms with Crippen molar-refractivity contribution in [1.82, 2.24) is 31.2 Å². The molecule has 4 atom stereocenters. The summed E-state index contributed by atoms with van der Waals surface area (Å²) in [5.74, 6) is -5.13. The van der Waals surface area contributed by atoms with Gasteiger partial charge >= 0.3 is 11.9 Å². The van der Waals surface area contributed by atoms with E-state index in [1.54, 1.807) is 0 Å². The van der Waals surface area contributed by atoms with Crippen LogP contribution >= 0.6 is 0 Å². The fourth-order valence-corrected chi connectivity index (χ4v) is 3.70. The highest BCUT2D eigenvalue weighted by Gasteiger charge is 2.32. The Morgan fingerprint density at radius 3 is 2.35 bits per heavy atom. The molecule has 16 heteroatoms. The second-order valence-electron chi connectivity index (χ2n) is 8.50. The number of carboxylic acids is 2. The molecule has 204 valence electrons. The first-order valence-electron chi connectivity index (χ1n) is 11.7. The molecule has 0 bridgehead atoms. The SMILES string of the molecule is NC(N)=NCCCC(NC(=O)C1CCCN1)C(=O)NC(CC(=O)O)C(=O)NC(Cc1cnc[nH]1)C(=O)O. The van der Waals surface area contributed by atoms with Crippen LogP contribution in [0.4, 0.5) is 0 Å². The number of hydrogen-bond donors (Lipinski definition) is 9. The number of carbonyl (C=O) groups excluding carboxylic acids is 3. The molecule has 2 heterocycles. The van der Waals surface area contributed by atoms with Gasteiger partial charge in [-0.1, -0.05) is 0 Å². The maximum atomic E-state index is 13.1. The summed E-state index contributed by atoms with van der Waals surface area (Å²) in [5, 5.41) is 29.0. The molecular formula is C21H33N9O7. The van der Waals surface area contributed by atoms with Gasteiger partial charge in [0.1, 0.15) is 18.1 Å². The maximum absolute atomic E-state index is 13.1. The van der Waals surface area contributed by atoms with Crippen LogP contribution in [0.2, 0.25) is 0 Å². The fourth-order valence-electron chi connectivity index (χ4n) is 3.70. The zero-order valence-electron chi connectivity index (χ0n) is 20.1. The van der Waals surface area contributed by atoms with Gasteiger partial charge in [-0.05, 0) is 32.2 Å². The van der Waals surface area contributed by atoms with Gasteiger partial charge < -0.3 is 47.9 Å². The molecule has 3 amide bonds. The molecule has 1 aromatic heterocycles. The summed E-state index contributed by atoms with van der Waals surface area (Å²) in [4.78, 5) is 71.9. The average molecular weight is 524 g/mol. The summed E-state index contributed by atoms with van der Waals surface area (Å²) in [6.45, 7) is 0.834. The lowest BCUT2D eigenvalue weighted by atomic mass is 10.1. The number of carboxylic acid groups (broad SMARTS) is 2. The molecule has 0 saturated carbocycles. The minimum atomic E-state index is -1.60. The number of aromatic nitrogens is 2. The summed E-state index contributed by atoms with van der Waals surface area (Å²) in [5.41, 5.74) is 11.0. The van der Waals surface area contributed by atoms with Crippen molar-refractivity contribution in [2.75, 3.05) is 13.1 Å². The number of guanidine groups is 1. The van der Waals surface area contributed by atoms with Crippen molar-refractivity contribution >= 4 is 35.6 Å². The van der Waals surface area contributed by atoms with E-state index < -0.39 is 60.2 Å². The summed E-state index contributed by atoms with van der Waals surface area (Å²) in [6, 6.07) is -4.61. The standard InChI is InChI=1S/C21H33N9O7/c22-21(23)26-6-2-4-13(28-17(33)12-3-1-5-25-12)18(34)29-14(8-16(31)32)19(35)30-15(20(36)37)7-11-9-24-10-27-11/h9-10,12-15,25H,1-8H2,(H,24,27)(H,28,33)(H,29,34)(H,30,35)(H,31,32)(H,36,37)(H4,22,23,26). The van der Waals surface area contributed by atoms with Gasteiger partial charge in [-0.25, -0.2) is 9.78 Å². The number of nitrogens with zero attached hydrogens (tertiary/aromatic N) is 2. The minimum Gasteiger partial charge on any atom is -0.481 e. The third-order valence-electron chi connectivity index (χ3n) is 5.56. The van der Waals surface area contributed by atoms with Crippen molar-refractivity contribution in [3.8, 4) is 0 Å².